The predicted octanol–water partition coefficient (Wildman–Crippen LogP) is 7.78. The number of H-pyrrole nitrogens is 2. The minimum atomic E-state index is 0.133. The van der Waals surface area contributed by atoms with Crippen molar-refractivity contribution in [1.29, 1.82) is 0 Å². The second-order valence-corrected chi connectivity index (χ2v) is 11.8. The molecule has 3 heterocycles. The molecular formula is C38H40N4O2. The first-order valence-corrected chi connectivity index (χ1v) is 15.5. The summed E-state index contributed by atoms with van der Waals surface area (Å²) in [6, 6.07) is 34.9. The number of aromatic amines is 2. The summed E-state index contributed by atoms with van der Waals surface area (Å²) in [6.45, 7) is 8.21. The number of aromatic nitrogens is 2. The molecule has 0 spiro atoms. The third kappa shape index (κ3) is 5.04. The number of methoxy groups -OCH3 is 2. The van der Waals surface area contributed by atoms with Crippen LogP contribution in [0.5, 0.6) is 11.5 Å². The quantitative estimate of drug-likeness (QED) is 0.192. The van der Waals surface area contributed by atoms with E-state index in [1.807, 2.05) is 0 Å². The molecule has 2 aromatic heterocycles. The van der Waals surface area contributed by atoms with E-state index in [2.05, 4.69) is 131 Å². The third-order valence-corrected chi connectivity index (χ3v) is 9.38. The van der Waals surface area contributed by atoms with Gasteiger partial charge in [0.2, 0.25) is 0 Å². The number of ether oxygens (including phenoxy) is 2. The largest absolute Gasteiger partial charge is 0.497 e. The maximum Gasteiger partial charge on any atom is 0.118 e. The fourth-order valence-corrected chi connectivity index (χ4v) is 7.25. The molecule has 2 unspecified atom stereocenters. The molecule has 1 aliphatic heterocycles. The lowest BCUT2D eigenvalue weighted by atomic mass is 9.92. The molecule has 2 atom stereocenters. The van der Waals surface area contributed by atoms with Crippen molar-refractivity contribution < 1.29 is 9.47 Å². The van der Waals surface area contributed by atoms with Crippen molar-refractivity contribution in [1.82, 2.24) is 19.8 Å². The van der Waals surface area contributed by atoms with Gasteiger partial charge in [-0.2, -0.15) is 0 Å². The normalized spacial score (nSPS) is 15.9. The van der Waals surface area contributed by atoms with Gasteiger partial charge in [-0.25, -0.2) is 0 Å². The average molecular weight is 585 g/mol. The van der Waals surface area contributed by atoms with Gasteiger partial charge in [-0.15, -0.1) is 0 Å². The monoisotopic (exact) mass is 584 g/mol. The Labute approximate surface area is 259 Å². The molecule has 4 aromatic carbocycles. The van der Waals surface area contributed by atoms with E-state index in [1.54, 1.807) is 14.2 Å². The molecular weight excluding hydrogens is 544 g/mol. The Morgan fingerprint density at radius 3 is 1.25 bits per heavy atom. The summed E-state index contributed by atoms with van der Waals surface area (Å²) < 4.78 is 11.0. The Hall–Kier alpha value is -4.52. The SMILES string of the molecule is COc1ccc(C(c2c(C)[nH]c3ccccc23)N2CCN(C(c3ccc(OC)cc3)c3c(C)[nH]c4ccccc34)CC2)cc1. The zero-order valence-corrected chi connectivity index (χ0v) is 25.9. The fraction of sp³-hybridized carbons (Fsp3) is 0.263. The zero-order valence-electron chi connectivity index (χ0n) is 25.9. The van der Waals surface area contributed by atoms with Gasteiger partial charge in [0.15, 0.2) is 0 Å². The summed E-state index contributed by atoms with van der Waals surface area (Å²) in [5.41, 5.74) is 10.1. The number of rotatable bonds is 8. The molecule has 2 N–H and O–H groups in total. The van der Waals surface area contributed by atoms with E-state index < -0.39 is 0 Å². The van der Waals surface area contributed by atoms with Crippen molar-refractivity contribution >= 4 is 21.8 Å². The molecule has 1 aliphatic rings. The van der Waals surface area contributed by atoms with Crippen LogP contribution in [-0.2, 0) is 0 Å². The summed E-state index contributed by atoms with van der Waals surface area (Å²) in [4.78, 5) is 12.6. The Kier molecular flexibility index (Phi) is 7.62. The van der Waals surface area contributed by atoms with Crippen LogP contribution in [0.4, 0.5) is 0 Å². The zero-order chi connectivity index (χ0) is 30.2. The first-order chi connectivity index (χ1) is 21.6. The van der Waals surface area contributed by atoms with Crippen LogP contribution in [0.1, 0.15) is 45.7 Å². The van der Waals surface area contributed by atoms with E-state index in [4.69, 9.17) is 9.47 Å². The number of benzene rings is 4. The Morgan fingerprint density at radius 2 is 0.886 bits per heavy atom. The van der Waals surface area contributed by atoms with Crippen LogP contribution in [0.15, 0.2) is 97.1 Å². The van der Waals surface area contributed by atoms with Crippen LogP contribution in [-0.4, -0.2) is 60.2 Å². The molecule has 6 nitrogen and oxygen atoms in total. The maximum absolute atomic E-state index is 5.51. The molecule has 0 saturated carbocycles. The molecule has 0 aliphatic carbocycles. The van der Waals surface area contributed by atoms with Gasteiger partial charge in [0, 0.05) is 70.5 Å². The first kappa shape index (κ1) is 28.3. The second-order valence-electron chi connectivity index (χ2n) is 11.8. The number of aryl methyl sites for hydroxylation is 2. The van der Waals surface area contributed by atoms with Gasteiger partial charge < -0.3 is 19.4 Å². The number of nitrogens with zero attached hydrogens (tertiary/aromatic N) is 2. The van der Waals surface area contributed by atoms with Crippen LogP contribution < -0.4 is 9.47 Å². The molecule has 0 bridgehead atoms. The van der Waals surface area contributed by atoms with E-state index in [0.29, 0.717) is 0 Å². The molecule has 0 radical (unpaired) electrons. The number of hydrogen-bond donors (Lipinski definition) is 2. The molecule has 1 saturated heterocycles. The van der Waals surface area contributed by atoms with Crippen molar-refractivity contribution in [3.05, 3.63) is 131 Å². The van der Waals surface area contributed by atoms with E-state index in [-0.39, 0.29) is 12.1 Å². The topological polar surface area (TPSA) is 56.5 Å². The predicted molar refractivity (Wildman–Crippen MR) is 179 cm³/mol. The van der Waals surface area contributed by atoms with Crippen molar-refractivity contribution in [3.8, 4) is 11.5 Å². The highest BCUT2D eigenvalue weighted by atomic mass is 16.5. The van der Waals surface area contributed by atoms with E-state index in [0.717, 1.165) is 37.7 Å². The van der Waals surface area contributed by atoms with Crippen LogP contribution in [0.2, 0.25) is 0 Å². The van der Waals surface area contributed by atoms with E-state index in [9.17, 15) is 0 Å². The highest BCUT2D eigenvalue weighted by Crippen LogP contribution is 2.40. The summed E-state index contributed by atoms with van der Waals surface area (Å²) >= 11 is 0. The van der Waals surface area contributed by atoms with Gasteiger partial charge in [0.1, 0.15) is 11.5 Å². The van der Waals surface area contributed by atoms with Crippen molar-refractivity contribution in [2.24, 2.45) is 0 Å². The van der Waals surface area contributed by atoms with Crippen LogP contribution in [0.3, 0.4) is 0 Å². The summed E-state index contributed by atoms with van der Waals surface area (Å²) in [7, 11) is 3.45. The minimum absolute atomic E-state index is 0.133. The number of fused-ring (bicyclic) bond motifs is 2. The molecule has 6 heteroatoms. The summed E-state index contributed by atoms with van der Waals surface area (Å²) in [5.74, 6) is 1.76. The highest BCUT2D eigenvalue weighted by molar-refractivity contribution is 5.86. The third-order valence-electron chi connectivity index (χ3n) is 9.38. The highest BCUT2D eigenvalue weighted by Gasteiger charge is 2.34. The van der Waals surface area contributed by atoms with Gasteiger partial charge in [-0.05, 0) is 61.4 Å². The number of hydrogen-bond acceptors (Lipinski definition) is 4. The van der Waals surface area contributed by atoms with Crippen molar-refractivity contribution in [2.75, 3.05) is 40.4 Å². The van der Waals surface area contributed by atoms with Gasteiger partial charge in [0.05, 0.1) is 26.3 Å². The van der Waals surface area contributed by atoms with Gasteiger partial charge in [-0.3, -0.25) is 9.80 Å². The van der Waals surface area contributed by atoms with Crippen LogP contribution in [0, 0.1) is 13.8 Å². The lowest BCUT2D eigenvalue weighted by Gasteiger charge is -2.43. The smallest absolute Gasteiger partial charge is 0.118 e. The van der Waals surface area contributed by atoms with Crippen LogP contribution in [0.25, 0.3) is 21.8 Å². The minimum Gasteiger partial charge on any atom is -0.497 e. The summed E-state index contributed by atoms with van der Waals surface area (Å²) in [6.07, 6.45) is 0. The number of para-hydroxylation sites is 2. The fourth-order valence-electron chi connectivity index (χ4n) is 7.25. The van der Waals surface area contributed by atoms with Crippen molar-refractivity contribution in [3.63, 3.8) is 0 Å². The van der Waals surface area contributed by atoms with E-state index >= 15 is 0 Å². The summed E-state index contributed by atoms with van der Waals surface area (Å²) in [5, 5.41) is 2.58. The standard InChI is InChI=1S/C38H40N4O2/c1-25-35(31-9-5-7-11-33(31)39-25)37(27-13-17-29(43-3)18-14-27)41-21-23-42(24-22-41)38(28-15-19-30(44-4)20-16-28)36-26(2)40-34-12-8-6-10-32(34)36/h5-20,37-40H,21-24H2,1-4H3. The Balaban J connectivity index is 1.26. The molecule has 44 heavy (non-hydrogen) atoms. The van der Waals surface area contributed by atoms with Gasteiger partial charge >= 0.3 is 0 Å². The molecule has 6 aromatic rings. The molecule has 224 valence electrons. The molecule has 7 rings (SSSR count). The van der Waals surface area contributed by atoms with Crippen LogP contribution >= 0.6 is 0 Å². The lowest BCUT2D eigenvalue weighted by molar-refractivity contribution is 0.0902. The molecule has 1 fully saturated rings. The lowest BCUT2D eigenvalue weighted by Crippen LogP contribution is -2.49. The van der Waals surface area contributed by atoms with Gasteiger partial charge in [-0.1, -0.05) is 60.7 Å². The van der Waals surface area contributed by atoms with Crippen molar-refractivity contribution in [2.45, 2.75) is 25.9 Å². The Bertz CT molecular complexity index is 1740. The number of nitrogens with one attached hydrogen (secondary N) is 2. The second kappa shape index (κ2) is 11.9. The van der Waals surface area contributed by atoms with Gasteiger partial charge in [0.25, 0.3) is 0 Å². The Morgan fingerprint density at radius 1 is 0.523 bits per heavy atom. The number of piperazine rings is 1. The average Bonchev–Trinajstić information content (AvgIpc) is 3.58. The first-order valence-electron chi connectivity index (χ1n) is 15.5. The van der Waals surface area contributed by atoms with E-state index in [1.165, 1.54) is 55.4 Å². The molecule has 0 amide bonds. The maximum atomic E-state index is 5.51.